The largest absolute Gasteiger partial charge is 0.467 e. The van der Waals surface area contributed by atoms with E-state index in [-0.39, 0.29) is 11.3 Å². The predicted octanol–water partition coefficient (Wildman–Crippen LogP) is 2.59. The minimum absolute atomic E-state index is 0.0510. The number of esters is 1. The van der Waals surface area contributed by atoms with Crippen molar-refractivity contribution in [3.63, 3.8) is 0 Å². The van der Waals surface area contributed by atoms with Gasteiger partial charge in [0.2, 0.25) is 5.91 Å². The first kappa shape index (κ1) is 21.2. The van der Waals surface area contributed by atoms with Crippen LogP contribution in [0.4, 0.5) is 0 Å². The lowest BCUT2D eigenvalue weighted by molar-refractivity contribution is -0.146. The van der Waals surface area contributed by atoms with Crippen LogP contribution in [-0.4, -0.2) is 36.2 Å². The fourth-order valence-electron chi connectivity index (χ4n) is 2.53. The Morgan fingerprint density at radius 2 is 1.72 bits per heavy atom. The third-order valence-electron chi connectivity index (χ3n) is 4.06. The zero-order chi connectivity index (χ0) is 19.2. The molecule has 1 aromatic carbocycles. The van der Waals surface area contributed by atoms with E-state index in [1.54, 1.807) is 0 Å². The van der Waals surface area contributed by atoms with E-state index in [9.17, 15) is 14.7 Å². The van der Waals surface area contributed by atoms with Crippen LogP contribution in [-0.2, 0) is 26.2 Å². The van der Waals surface area contributed by atoms with Gasteiger partial charge in [-0.2, -0.15) is 0 Å². The summed E-state index contributed by atoms with van der Waals surface area (Å²) in [5.74, 6) is -0.886. The monoisotopic (exact) mass is 349 g/mol. The molecule has 25 heavy (non-hydrogen) atoms. The Morgan fingerprint density at radius 1 is 1.16 bits per heavy atom. The SMILES string of the molecule is COC(=O)[C@@H](Cc1ccc(C(C)(C)C)cc1)NC(=O)[C@H](O)CC(C)C. The molecule has 0 aliphatic heterocycles. The van der Waals surface area contributed by atoms with E-state index in [1.807, 2.05) is 38.1 Å². The summed E-state index contributed by atoms with van der Waals surface area (Å²) >= 11 is 0. The number of hydrogen-bond donors (Lipinski definition) is 2. The molecular formula is C20H31NO4. The van der Waals surface area contributed by atoms with Gasteiger partial charge in [0.25, 0.3) is 0 Å². The number of aliphatic hydroxyl groups excluding tert-OH is 1. The highest BCUT2D eigenvalue weighted by Gasteiger charge is 2.26. The zero-order valence-corrected chi connectivity index (χ0v) is 16.1. The number of carbonyl (C=O) groups excluding carboxylic acids is 2. The van der Waals surface area contributed by atoms with Crippen LogP contribution < -0.4 is 5.32 Å². The van der Waals surface area contributed by atoms with E-state index < -0.39 is 24.0 Å². The molecule has 0 heterocycles. The molecule has 2 atom stereocenters. The first-order valence-corrected chi connectivity index (χ1v) is 8.70. The zero-order valence-electron chi connectivity index (χ0n) is 16.1. The Bertz CT molecular complexity index is 572. The Hall–Kier alpha value is -1.88. The molecule has 140 valence electrons. The molecule has 1 rings (SSSR count). The maximum atomic E-state index is 12.1. The van der Waals surface area contributed by atoms with Crippen molar-refractivity contribution >= 4 is 11.9 Å². The molecule has 0 fully saturated rings. The molecule has 0 unspecified atom stereocenters. The van der Waals surface area contributed by atoms with Crippen LogP contribution in [0, 0.1) is 5.92 Å². The average molecular weight is 349 g/mol. The normalized spacial score (nSPS) is 14.1. The summed E-state index contributed by atoms with van der Waals surface area (Å²) in [5, 5.41) is 12.5. The molecule has 0 aromatic heterocycles. The van der Waals surface area contributed by atoms with Crippen LogP contribution in [0.5, 0.6) is 0 Å². The van der Waals surface area contributed by atoms with E-state index in [1.165, 1.54) is 12.7 Å². The number of carbonyl (C=O) groups is 2. The van der Waals surface area contributed by atoms with Gasteiger partial charge in [0.1, 0.15) is 12.1 Å². The van der Waals surface area contributed by atoms with Gasteiger partial charge in [-0.1, -0.05) is 58.9 Å². The lowest BCUT2D eigenvalue weighted by atomic mass is 9.86. The van der Waals surface area contributed by atoms with Gasteiger partial charge in [0.05, 0.1) is 7.11 Å². The quantitative estimate of drug-likeness (QED) is 0.742. The highest BCUT2D eigenvalue weighted by atomic mass is 16.5. The number of hydrogen-bond acceptors (Lipinski definition) is 4. The Balaban J connectivity index is 2.83. The molecule has 0 bridgehead atoms. The molecule has 0 radical (unpaired) electrons. The third kappa shape index (κ3) is 6.86. The topological polar surface area (TPSA) is 75.6 Å². The highest BCUT2D eigenvalue weighted by molar-refractivity contribution is 5.87. The van der Waals surface area contributed by atoms with Crippen molar-refractivity contribution in [2.24, 2.45) is 5.92 Å². The summed E-state index contributed by atoms with van der Waals surface area (Å²) in [6, 6.07) is 7.14. The highest BCUT2D eigenvalue weighted by Crippen LogP contribution is 2.22. The Labute approximate surface area is 150 Å². The maximum Gasteiger partial charge on any atom is 0.328 e. The summed E-state index contributed by atoms with van der Waals surface area (Å²) in [7, 11) is 1.29. The van der Waals surface area contributed by atoms with E-state index >= 15 is 0 Å². The van der Waals surface area contributed by atoms with Crippen molar-refractivity contribution in [1.82, 2.24) is 5.32 Å². The maximum absolute atomic E-state index is 12.1. The van der Waals surface area contributed by atoms with E-state index in [0.29, 0.717) is 12.8 Å². The smallest absolute Gasteiger partial charge is 0.328 e. The van der Waals surface area contributed by atoms with Crippen LogP contribution in [0.2, 0.25) is 0 Å². The second-order valence-electron chi connectivity index (χ2n) is 7.88. The van der Waals surface area contributed by atoms with Crippen LogP contribution >= 0.6 is 0 Å². The number of aliphatic hydroxyl groups is 1. The minimum atomic E-state index is -1.13. The second-order valence-corrected chi connectivity index (χ2v) is 7.88. The molecule has 0 saturated heterocycles. The summed E-state index contributed by atoms with van der Waals surface area (Å²) in [6.45, 7) is 10.2. The first-order valence-electron chi connectivity index (χ1n) is 8.70. The van der Waals surface area contributed by atoms with E-state index in [0.717, 1.165) is 5.56 Å². The second kappa shape index (κ2) is 8.99. The first-order chi connectivity index (χ1) is 11.5. The van der Waals surface area contributed by atoms with Crippen LogP contribution in [0.25, 0.3) is 0 Å². The van der Waals surface area contributed by atoms with E-state index in [4.69, 9.17) is 4.74 Å². The summed E-state index contributed by atoms with van der Waals surface area (Å²) in [6.07, 6.45) is -0.465. The molecule has 0 aliphatic rings. The van der Waals surface area contributed by atoms with Crippen molar-refractivity contribution < 1.29 is 19.4 Å². The molecule has 5 nitrogen and oxygen atoms in total. The molecular weight excluding hydrogens is 318 g/mol. The van der Waals surface area contributed by atoms with Crippen molar-refractivity contribution in [3.05, 3.63) is 35.4 Å². The van der Waals surface area contributed by atoms with Gasteiger partial charge < -0.3 is 15.2 Å². The summed E-state index contributed by atoms with van der Waals surface area (Å²) < 4.78 is 4.79. The number of nitrogens with one attached hydrogen (secondary N) is 1. The van der Waals surface area contributed by atoms with Gasteiger partial charge in [-0.05, 0) is 28.9 Å². The Morgan fingerprint density at radius 3 is 2.16 bits per heavy atom. The number of ether oxygens (including phenoxy) is 1. The van der Waals surface area contributed by atoms with Crippen molar-refractivity contribution in [2.75, 3.05) is 7.11 Å². The van der Waals surface area contributed by atoms with E-state index in [2.05, 4.69) is 26.1 Å². The molecule has 0 spiro atoms. The molecule has 2 N–H and O–H groups in total. The lowest BCUT2D eigenvalue weighted by Gasteiger charge is -2.21. The van der Waals surface area contributed by atoms with Crippen LogP contribution in [0.3, 0.4) is 0 Å². The van der Waals surface area contributed by atoms with Crippen LogP contribution in [0.15, 0.2) is 24.3 Å². The lowest BCUT2D eigenvalue weighted by Crippen LogP contribution is -2.47. The average Bonchev–Trinajstić information content (AvgIpc) is 2.52. The predicted molar refractivity (Wildman–Crippen MR) is 98.3 cm³/mol. The summed E-state index contributed by atoms with van der Waals surface area (Å²) in [4.78, 5) is 24.1. The van der Waals surface area contributed by atoms with Gasteiger partial charge in [0, 0.05) is 6.42 Å². The minimum Gasteiger partial charge on any atom is -0.467 e. The molecule has 1 aromatic rings. The van der Waals surface area contributed by atoms with Crippen molar-refractivity contribution in [2.45, 2.75) is 65.0 Å². The fourth-order valence-corrected chi connectivity index (χ4v) is 2.53. The van der Waals surface area contributed by atoms with Gasteiger partial charge >= 0.3 is 5.97 Å². The third-order valence-corrected chi connectivity index (χ3v) is 4.06. The van der Waals surface area contributed by atoms with Crippen molar-refractivity contribution in [3.8, 4) is 0 Å². The van der Waals surface area contributed by atoms with Crippen molar-refractivity contribution in [1.29, 1.82) is 0 Å². The molecule has 1 amide bonds. The van der Waals surface area contributed by atoms with Gasteiger partial charge in [0.15, 0.2) is 0 Å². The number of benzene rings is 1. The Kier molecular flexibility index (Phi) is 7.61. The van der Waals surface area contributed by atoms with Gasteiger partial charge in [-0.15, -0.1) is 0 Å². The van der Waals surface area contributed by atoms with Gasteiger partial charge in [-0.3, -0.25) is 4.79 Å². The molecule has 0 aliphatic carbocycles. The fraction of sp³-hybridized carbons (Fsp3) is 0.600. The number of amides is 1. The molecule has 0 saturated carbocycles. The number of rotatable bonds is 7. The molecule has 5 heteroatoms. The standard InChI is InChI=1S/C20H31NO4/c1-13(2)11-17(22)18(23)21-16(19(24)25-6)12-14-7-9-15(10-8-14)20(3,4)5/h7-10,13,16-17,22H,11-12H2,1-6H3,(H,21,23)/t16-,17-/m1/s1. The van der Waals surface area contributed by atoms with Gasteiger partial charge in [-0.25, -0.2) is 4.79 Å². The van der Waals surface area contributed by atoms with Crippen LogP contribution in [0.1, 0.15) is 52.2 Å². The number of methoxy groups -OCH3 is 1. The summed E-state index contributed by atoms with van der Waals surface area (Å²) in [5.41, 5.74) is 2.17.